The molecule has 2 aliphatic heterocycles. The molecule has 73 heavy (non-hydrogen) atoms. The summed E-state index contributed by atoms with van der Waals surface area (Å²) in [5.74, 6) is -1.12. The highest BCUT2D eigenvalue weighted by atomic mass is 16.7. The smallest absolute Gasteiger partial charge is 0.285 e. The highest BCUT2D eigenvalue weighted by Crippen LogP contribution is 2.28. The van der Waals surface area contributed by atoms with Gasteiger partial charge in [0, 0.05) is 61.7 Å². The number of β-amino-alcohol motifs (C(OH)–C–C–N with tert-alkyl or cyclic N) is 1. The van der Waals surface area contributed by atoms with Crippen molar-refractivity contribution in [3.8, 4) is 0 Å². The maximum atomic E-state index is 13.2. The van der Waals surface area contributed by atoms with Crippen LogP contribution in [0.25, 0.3) is 11.6 Å². The van der Waals surface area contributed by atoms with Gasteiger partial charge < -0.3 is 69.3 Å². The second kappa shape index (κ2) is 40.3. The van der Waals surface area contributed by atoms with Crippen molar-refractivity contribution in [2.75, 3.05) is 171 Å². The Morgan fingerprint density at radius 1 is 0.767 bits per heavy atom. The average Bonchev–Trinajstić information content (AvgIpc) is 3.58. The summed E-state index contributed by atoms with van der Waals surface area (Å²) in [5, 5.41) is 16.8. The molecule has 1 aromatic heterocycles. The van der Waals surface area contributed by atoms with E-state index in [0.29, 0.717) is 186 Å². The summed E-state index contributed by atoms with van der Waals surface area (Å²) >= 11 is 0. The van der Waals surface area contributed by atoms with Crippen LogP contribution in [-0.2, 0) is 71.4 Å². The molecule has 0 aromatic carbocycles. The van der Waals surface area contributed by atoms with E-state index in [1.807, 2.05) is 13.8 Å². The quantitative estimate of drug-likeness (QED) is 0.0131. The van der Waals surface area contributed by atoms with Crippen molar-refractivity contribution in [1.82, 2.24) is 25.6 Å². The molecule has 0 saturated heterocycles. The number of nitrogens with two attached hydrogens (primary N) is 2. The molecule has 0 saturated carbocycles. The number of aliphatic hydroxyl groups excluding tert-OH is 1. The highest BCUT2D eigenvalue weighted by molar-refractivity contribution is 6.13. The normalized spacial score (nSPS) is 14.2. The fraction of sp³-hybridized carbons (Fsp3) is 0.646. The molecule has 25 heteroatoms. The number of fused-ring (bicyclic) bond motifs is 1. The molecule has 3 rings (SSSR count). The number of aliphatic imine (C=N–C) groups is 1. The molecule has 1 atom stereocenters. The number of nitrogens with zero attached hydrogens (tertiary/aromatic N) is 4. The summed E-state index contributed by atoms with van der Waals surface area (Å²) in [7, 11) is 0. The summed E-state index contributed by atoms with van der Waals surface area (Å²) in [4.78, 5) is 67.0. The molecule has 1 unspecified atom stereocenters. The number of hydrogen-bond acceptors (Lipinski definition) is 21. The molecule has 3 heterocycles. The molecule has 0 fully saturated rings. The summed E-state index contributed by atoms with van der Waals surface area (Å²) in [6, 6.07) is 1.77. The van der Waals surface area contributed by atoms with E-state index in [9.17, 15) is 24.3 Å². The predicted octanol–water partition coefficient (Wildman–Crippen LogP) is -2.39. The van der Waals surface area contributed by atoms with Gasteiger partial charge in [-0.05, 0) is 25.5 Å². The Morgan fingerprint density at radius 2 is 1.25 bits per heavy atom. The lowest BCUT2D eigenvalue weighted by Gasteiger charge is -2.21. The number of ether oxygens (including phenoxy) is 10. The second-order valence-corrected chi connectivity index (χ2v) is 15.6. The summed E-state index contributed by atoms with van der Waals surface area (Å²) in [6.07, 6.45) is 8.49. The average molecular weight is 1040 g/mol. The first-order chi connectivity index (χ1) is 35.7. The minimum absolute atomic E-state index is 0.00653. The molecule has 0 bridgehead atoms. The molecule has 0 aliphatic carbocycles. The van der Waals surface area contributed by atoms with Crippen LogP contribution in [0.3, 0.4) is 0 Å². The van der Waals surface area contributed by atoms with Gasteiger partial charge in [-0.25, -0.2) is 15.0 Å². The zero-order valence-electron chi connectivity index (χ0n) is 42.4. The van der Waals surface area contributed by atoms with E-state index in [-0.39, 0.29) is 37.2 Å². The van der Waals surface area contributed by atoms with Gasteiger partial charge in [-0.3, -0.25) is 39.2 Å². The van der Waals surface area contributed by atoms with Crippen LogP contribution in [0.1, 0.15) is 37.9 Å². The van der Waals surface area contributed by atoms with Crippen molar-refractivity contribution < 1.29 is 81.5 Å². The number of rotatable bonds is 45. The first-order valence-corrected chi connectivity index (χ1v) is 24.6. The van der Waals surface area contributed by atoms with Crippen molar-refractivity contribution in [3.05, 3.63) is 47.4 Å². The van der Waals surface area contributed by atoms with Gasteiger partial charge >= 0.3 is 0 Å². The van der Waals surface area contributed by atoms with E-state index in [1.54, 1.807) is 24.6 Å². The Balaban J connectivity index is 1.02. The van der Waals surface area contributed by atoms with Crippen molar-refractivity contribution >= 4 is 53.0 Å². The van der Waals surface area contributed by atoms with Gasteiger partial charge in [-0.1, -0.05) is 6.92 Å². The number of hydrogen-bond donors (Lipinski definition) is 6. The lowest BCUT2D eigenvalue weighted by atomic mass is 10.1. The Bertz CT molecular complexity index is 1880. The van der Waals surface area contributed by atoms with Crippen LogP contribution in [0, 0.1) is 0 Å². The topological polar surface area (TPSA) is 312 Å². The van der Waals surface area contributed by atoms with Crippen LogP contribution in [-0.4, -0.2) is 233 Å². The van der Waals surface area contributed by atoms with Crippen molar-refractivity contribution in [2.45, 2.75) is 32.9 Å². The fourth-order valence-corrected chi connectivity index (χ4v) is 6.34. The molecule has 410 valence electrons. The van der Waals surface area contributed by atoms with E-state index in [4.69, 9.17) is 63.7 Å². The zero-order valence-corrected chi connectivity index (χ0v) is 42.4. The van der Waals surface area contributed by atoms with E-state index < -0.39 is 18.0 Å². The van der Waals surface area contributed by atoms with Crippen LogP contribution >= 0.6 is 0 Å². The zero-order chi connectivity index (χ0) is 52.6. The van der Waals surface area contributed by atoms with Crippen LogP contribution in [0.2, 0.25) is 0 Å². The van der Waals surface area contributed by atoms with Gasteiger partial charge in [-0.2, -0.15) is 0 Å². The molecule has 2 aliphatic rings. The van der Waals surface area contributed by atoms with Crippen molar-refractivity contribution in [1.29, 1.82) is 0 Å². The van der Waals surface area contributed by atoms with E-state index in [2.05, 4.69) is 25.6 Å². The molecule has 8 N–H and O–H groups in total. The molecular weight excluding hydrogens is 959 g/mol. The van der Waals surface area contributed by atoms with Crippen molar-refractivity contribution in [3.63, 3.8) is 0 Å². The number of amides is 4. The molecule has 1 aromatic rings. The largest absolute Gasteiger partial charge is 0.404 e. The highest BCUT2D eigenvalue weighted by Gasteiger charge is 2.26. The van der Waals surface area contributed by atoms with Gasteiger partial charge in [0.2, 0.25) is 6.54 Å². The van der Waals surface area contributed by atoms with Gasteiger partial charge in [0.25, 0.3) is 23.6 Å². The third-order valence-electron chi connectivity index (χ3n) is 9.89. The van der Waals surface area contributed by atoms with Gasteiger partial charge in [0.1, 0.15) is 12.1 Å². The number of amidine groups is 1. The van der Waals surface area contributed by atoms with E-state index >= 15 is 0 Å². The number of carbonyl (C=O) groups is 4. The Kier molecular flexibility index (Phi) is 34.3. The van der Waals surface area contributed by atoms with Gasteiger partial charge in [0.05, 0.1) is 162 Å². The number of aliphatic hydroxyl groups is 1. The number of hydroxylamine groups is 2. The van der Waals surface area contributed by atoms with Gasteiger partial charge in [-0.15, -0.1) is 0 Å². The number of carbonyl (C=O) groups excluding carboxylic acids is 4. The first kappa shape index (κ1) is 62.2. The van der Waals surface area contributed by atoms with Crippen LogP contribution in [0.4, 0.5) is 5.69 Å². The molecular formula is C48H78N9O16+. The number of nitrogens with one attached hydrogen (secondary N) is 3. The predicted molar refractivity (Wildman–Crippen MR) is 267 cm³/mol. The minimum Gasteiger partial charge on any atom is -0.404 e. The molecule has 0 radical (unpaired) electrons. The SMILES string of the molecule is CCCN(OCC)C(=O)C1=Cc2ncc(/C(C=[NH+]CC(=O)NCCOCCOCCOCCOCCOCCOCCOCCOCCOCCOCCNC(O)CN3C(=O)C=CC3=O)=C/N)cc2N=C(N)C1. The molecule has 25 nitrogen and oxygen atoms in total. The van der Waals surface area contributed by atoms with Crippen LogP contribution in [0.15, 0.2) is 41.2 Å². The Hall–Kier alpha value is -5.13. The third-order valence-corrected chi connectivity index (χ3v) is 9.89. The lowest BCUT2D eigenvalue weighted by molar-refractivity contribution is -0.437. The summed E-state index contributed by atoms with van der Waals surface area (Å²) in [5.41, 5.74) is 14.7. The van der Waals surface area contributed by atoms with Crippen LogP contribution in [0.5, 0.6) is 0 Å². The third kappa shape index (κ3) is 28.2. The monoisotopic (exact) mass is 1040 g/mol. The second-order valence-electron chi connectivity index (χ2n) is 15.6. The number of imide groups is 1. The lowest BCUT2D eigenvalue weighted by Crippen LogP contribution is -2.72. The Morgan fingerprint density at radius 3 is 1.71 bits per heavy atom. The van der Waals surface area contributed by atoms with E-state index in [0.717, 1.165) is 11.3 Å². The number of allylic oxidation sites excluding steroid dienone is 1. The minimum atomic E-state index is -1.03. The maximum Gasteiger partial charge on any atom is 0.285 e. The Labute approximate surface area is 427 Å². The maximum absolute atomic E-state index is 13.2. The van der Waals surface area contributed by atoms with E-state index in [1.165, 1.54) is 23.4 Å². The first-order valence-electron chi connectivity index (χ1n) is 24.6. The standard InChI is InChI=1S/C48H77N9O16/c1-3-9-57(73-4-2)48(62)38-30-41-42(55-43(50)32-38)31-39(35-54-41)40(33-49)34-51-36-44(58)52-7-10-63-12-14-65-16-18-67-20-22-69-24-26-71-28-29-72-27-25-70-23-21-68-19-17-66-15-13-64-11-8-53-45(59)37-56-46(60)5-6-47(56)61/h5-6,30-31,33-35,45,53,59H,3-4,7-29,32,36-37,49H2,1-2H3,(H2,50,55)(H,52,58)/p+1/b40-33+,51-34?. The summed E-state index contributed by atoms with van der Waals surface area (Å²) < 4.78 is 54.9. The van der Waals surface area contributed by atoms with Gasteiger partial charge in [0.15, 0.2) is 6.21 Å². The molecule has 4 amide bonds. The number of aromatic nitrogens is 1. The summed E-state index contributed by atoms with van der Waals surface area (Å²) in [6.45, 7) is 13.5. The number of pyridine rings is 1. The van der Waals surface area contributed by atoms with Crippen molar-refractivity contribution in [2.24, 2.45) is 16.5 Å². The van der Waals surface area contributed by atoms with Crippen LogP contribution < -0.4 is 27.1 Å². The molecule has 0 spiro atoms. The fourth-order valence-electron chi connectivity index (χ4n) is 6.34.